The third-order valence-corrected chi connectivity index (χ3v) is 6.92. The lowest BCUT2D eigenvalue weighted by Crippen LogP contribution is -2.65. The Balaban J connectivity index is 1.74. The molecule has 3 aliphatic heterocycles. The van der Waals surface area contributed by atoms with Crippen LogP contribution in [0, 0.1) is 11.8 Å². The first-order chi connectivity index (χ1) is 14.5. The van der Waals surface area contributed by atoms with E-state index in [1.807, 2.05) is 18.2 Å². The average Bonchev–Trinajstić information content (AvgIpc) is 3.16. The summed E-state index contributed by atoms with van der Waals surface area (Å²) >= 11 is 0. The molecule has 7 nitrogen and oxygen atoms in total. The summed E-state index contributed by atoms with van der Waals surface area (Å²) < 4.78 is 15.8. The molecular weight excluding hydrogens is 384 g/mol. The van der Waals surface area contributed by atoms with Gasteiger partial charge in [-0.1, -0.05) is 19.4 Å². The van der Waals surface area contributed by atoms with Crippen molar-refractivity contribution in [1.82, 2.24) is 4.90 Å². The number of carbonyl (C=O) groups excluding carboxylic acids is 1. The predicted molar refractivity (Wildman–Crippen MR) is 113 cm³/mol. The standard InChI is InChI=1S/C23H30N2O5/c1-5-14-12-25-10-9-15-20-18(7-6-8-19(20)29-3)24-21(15)23(25,27)11-16(14)17(13-28-2)22(26)30-4/h6-8,13-16,27H,5,9-12H2,1-4H3/b17-13+/t14-,15?,16+,23?/m1/s1. The molecule has 2 fully saturated rings. The van der Waals surface area contributed by atoms with Gasteiger partial charge < -0.3 is 19.3 Å². The van der Waals surface area contributed by atoms with Crippen molar-refractivity contribution in [2.45, 2.75) is 37.8 Å². The Morgan fingerprint density at radius 1 is 1.37 bits per heavy atom. The minimum atomic E-state index is -1.22. The number of hydrogen-bond donors (Lipinski definition) is 1. The van der Waals surface area contributed by atoms with Crippen LogP contribution in [-0.4, -0.2) is 61.8 Å². The lowest BCUT2D eigenvalue weighted by Gasteiger charge is -2.53. The topological polar surface area (TPSA) is 80.6 Å². The van der Waals surface area contributed by atoms with Crippen LogP contribution in [0.15, 0.2) is 35.0 Å². The van der Waals surface area contributed by atoms with Gasteiger partial charge in [-0.25, -0.2) is 4.79 Å². The first-order valence-corrected chi connectivity index (χ1v) is 10.5. The molecule has 7 heteroatoms. The molecule has 0 amide bonds. The third-order valence-electron chi connectivity index (χ3n) is 6.92. The van der Waals surface area contributed by atoms with Gasteiger partial charge in [0.1, 0.15) is 5.75 Å². The van der Waals surface area contributed by atoms with E-state index >= 15 is 0 Å². The summed E-state index contributed by atoms with van der Waals surface area (Å²) in [5.41, 5.74) is 1.92. The molecule has 30 heavy (non-hydrogen) atoms. The molecule has 162 valence electrons. The van der Waals surface area contributed by atoms with Crippen molar-refractivity contribution in [3.05, 3.63) is 35.6 Å². The van der Waals surface area contributed by atoms with Gasteiger partial charge in [0.2, 0.25) is 0 Å². The van der Waals surface area contributed by atoms with Gasteiger partial charge in [-0.15, -0.1) is 0 Å². The van der Waals surface area contributed by atoms with Crippen LogP contribution in [0.25, 0.3) is 0 Å². The zero-order valence-corrected chi connectivity index (χ0v) is 18.1. The summed E-state index contributed by atoms with van der Waals surface area (Å²) in [5.74, 6) is 0.436. The SMILES string of the molecule is CC[C@@H]1CN2CCC3C(=Nc4cccc(OC)c43)C2(O)C[C@@H]1/C(=C\OC)C(=O)OC. The van der Waals surface area contributed by atoms with Crippen LogP contribution in [0.1, 0.15) is 37.7 Å². The van der Waals surface area contributed by atoms with Gasteiger partial charge in [-0.3, -0.25) is 9.89 Å². The minimum absolute atomic E-state index is 0.0178. The Hall–Kier alpha value is -2.38. The molecule has 4 atom stereocenters. The first-order valence-electron chi connectivity index (χ1n) is 10.5. The number of rotatable bonds is 5. The van der Waals surface area contributed by atoms with Gasteiger partial charge in [-0.2, -0.15) is 0 Å². The molecule has 0 aromatic heterocycles. The lowest BCUT2D eigenvalue weighted by molar-refractivity contribution is -0.141. The van der Waals surface area contributed by atoms with E-state index in [-0.39, 0.29) is 17.8 Å². The van der Waals surface area contributed by atoms with Crippen LogP contribution in [0.5, 0.6) is 5.75 Å². The number of piperidine rings is 2. The maximum Gasteiger partial charge on any atom is 0.337 e. The minimum Gasteiger partial charge on any atom is -0.504 e. The maximum absolute atomic E-state index is 12.5. The van der Waals surface area contributed by atoms with E-state index in [4.69, 9.17) is 19.2 Å². The molecule has 0 saturated carbocycles. The number of ether oxygens (including phenoxy) is 3. The van der Waals surface area contributed by atoms with Crippen molar-refractivity contribution in [2.75, 3.05) is 34.4 Å². The average molecular weight is 415 g/mol. The normalized spacial score (nSPS) is 30.6. The number of aliphatic imine (C=N–C) groups is 1. The fourth-order valence-electron chi connectivity index (χ4n) is 5.45. The van der Waals surface area contributed by atoms with Gasteiger partial charge in [0, 0.05) is 36.9 Å². The third kappa shape index (κ3) is 3.11. The highest BCUT2D eigenvalue weighted by Crippen LogP contribution is 2.52. The highest BCUT2D eigenvalue weighted by Gasteiger charge is 2.55. The molecule has 2 unspecified atom stereocenters. The van der Waals surface area contributed by atoms with E-state index in [1.165, 1.54) is 20.5 Å². The molecule has 3 heterocycles. The summed E-state index contributed by atoms with van der Waals surface area (Å²) in [5, 5.41) is 12.0. The smallest absolute Gasteiger partial charge is 0.337 e. The van der Waals surface area contributed by atoms with Crippen LogP contribution in [0.4, 0.5) is 5.69 Å². The van der Waals surface area contributed by atoms with E-state index in [9.17, 15) is 9.90 Å². The van der Waals surface area contributed by atoms with E-state index in [0.29, 0.717) is 18.5 Å². The van der Waals surface area contributed by atoms with Gasteiger partial charge >= 0.3 is 5.97 Å². The molecule has 0 aliphatic carbocycles. The Morgan fingerprint density at radius 3 is 2.83 bits per heavy atom. The summed E-state index contributed by atoms with van der Waals surface area (Å²) in [4.78, 5) is 19.5. The molecule has 1 aromatic rings. The number of aliphatic hydroxyl groups is 1. The second kappa shape index (κ2) is 8.04. The quantitative estimate of drug-likeness (QED) is 0.453. The van der Waals surface area contributed by atoms with Crippen molar-refractivity contribution in [2.24, 2.45) is 16.8 Å². The van der Waals surface area contributed by atoms with Crippen LogP contribution in [-0.2, 0) is 14.3 Å². The van der Waals surface area contributed by atoms with Crippen molar-refractivity contribution >= 4 is 17.4 Å². The predicted octanol–water partition coefficient (Wildman–Crippen LogP) is 3.01. The number of fused-ring (bicyclic) bond motifs is 5. The van der Waals surface area contributed by atoms with E-state index in [0.717, 1.165) is 42.1 Å². The van der Waals surface area contributed by atoms with Gasteiger partial charge in [0.15, 0.2) is 5.72 Å². The molecule has 1 aromatic carbocycles. The number of methoxy groups -OCH3 is 3. The maximum atomic E-state index is 12.5. The van der Waals surface area contributed by atoms with Crippen molar-refractivity contribution in [3.8, 4) is 5.75 Å². The van der Waals surface area contributed by atoms with Gasteiger partial charge in [-0.05, 0) is 24.5 Å². The van der Waals surface area contributed by atoms with E-state index in [2.05, 4.69) is 11.8 Å². The number of carbonyl (C=O) groups is 1. The Labute approximate surface area is 177 Å². The molecule has 3 aliphatic rings. The van der Waals surface area contributed by atoms with E-state index in [1.54, 1.807) is 7.11 Å². The zero-order chi connectivity index (χ0) is 21.5. The molecule has 0 bridgehead atoms. The van der Waals surface area contributed by atoms with Crippen LogP contribution in [0.2, 0.25) is 0 Å². The summed E-state index contributed by atoms with van der Waals surface area (Å²) in [6.45, 7) is 3.57. The molecular formula is C23H30N2O5. The summed E-state index contributed by atoms with van der Waals surface area (Å²) in [6, 6.07) is 5.84. The Bertz CT molecular complexity index is 896. The van der Waals surface area contributed by atoms with Gasteiger partial charge in [0.05, 0.1) is 44.6 Å². The summed E-state index contributed by atoms with van der Waals surface area (Å²) in [6.07, 6.45) is 3.61. The largest absolute Gasteiger partial charge is 0.504 e. The van der Waals surface area contributed by atoms with Crippen LogP contribution >= 0.6 is 0 Å². The van der Waals surface area contributed by atoms with Crippen molar-refractivity contribution in [3.63, 3.8) is 0 Å². The number of benzene rings is 1. The van der Waals surface area contributed by atoms with E-state index < -0.39 is 11.7 Å². The number of esters is 1. The molecule has 2 saturated heterocycles. The van der Waals surface area contributed by atoms with Crippen molar-refractivity contribution in [1.29, 1.82) is 0 Å². The second-order valence-corrected chi connectivity index (χ2v) is 8.27. The molecule has 1 N–H and O–H groups in total. The lowest BCUT2D eigenvalue weighted by atomic mass is 9.69. The highest BCUT2D eigenvalue weighted by molar-refractivity contribution is 6.05. The zero-order valence-electron chi connectivity index (χ0n) is 18.1. The van der Waals surface area contributed by atoms with Crippen LogP contribution < -0.4 is 4.74 Å². The molecule has 0 spiro atoms. The fraction of sp³-hybridized carbons (Fsp3) is 0.565. The highest BCUT2D eigenvalue weighted by atomic mass is 16.5. The number of hydrogen-bond acceptors (Lipinski definition) is 7. The van der Waals surface area contributed by atoms with Gasteiger partial charge in [0.25, 0.3) is 0 Å². The Morgan fingerprint density at radius 2 is 2.17 bits per heavy atom. The molecule has 0 radical (unpaired) electrons. The Kier molecular flexibility index (Phi) is 5.59. The monoisotopic (exact) mass is 414 g/mol. The number of nitrogens with zero attached hydrogens (tertiary/aromatic N) is 2. The fourth-order valence-corrected chi connectivity index (χ4v) is 5.45. The van der Waals surface area contributed by atoms with Crippen molar-refractivity contribution < 1.29 is 24.1 Å². The second-order valence-electron chi connectivity index (χ2n) is 8.27. The first kappa shape index (κ1) is 20.9. The summed E-state index contributed by atoms with van der Waals surface area (Å²) in [7, 11) is 4.56. The molecule has 4 rings (SSSR count). The van der Waals surface area contributed by atoms with Crippen LogP contribution in [0.3, 0.4) is 0 Å².